The molecule has 3 heteroatoms. The zero-order chi connectivity index (χ0) is 8.65. The quantitative estimate of drug-likeness (QED) is 0.559. The van der Waals surface area contributed by atoms with Crippen molar-refractivity contribution in [3.63, 3.8) is 0 Å². The highest BCUT2D eigenvalue weighted by atomic mass is 16.5. The van der Waals surface area contributed by atoms with Crippen LogP contribution < -0.4 is 0 Å². The monoisotopic (exact) mass is 157 g/mol. The molecule has 1 saturated heterocycles. The summed E-state index contributed by atoms with van der Waals surface area (Å²) in [5.41, 5.74) is -0.281. The van der Waals surface area contributed by atoms with Crippen molar-refractivity contribution in [3.8, 4) is 0 Å². The molecule has 3 nitrogen and oxygen atoms in total. The van der Waals surface area contributed by atoms with E-state index in [9.17, 15) is 4.79 Å². The minimum atomic E-state index is -0.281. The van der Waals surface area contributed by atoms with Crippen LogP contribution in [-0.2, 0) is 9.53 Å². The predicted octanol–water partition coefficient (Wildman–Crippen LogP) is 0.642. The Hall–Kier alpha value is -0.410. The van der Waals surface area contributed by atoms with E-state index in [1.807, 2.05) is 25.8 Å². The molecule has 0 unspecified atom stereocenters. The normalized spacial score (nSPS) is 30.7. The van der Waals surface area contributed by atoms with Crippen LogP contribution in [0.5, 0.6) is 0 Å². The molecule has 0 aromatic heterocycles. The van der Waals surface area contributed by atoms with Crippen LogP contribution in [0.2, 0.25) is 0 Å². The van der Waals surface area contributed by atoms with Gasteiger partial charge in [0.15, 0.2) is 0 Å². The lowest BCUT2D eigenvalue weighted by molar-refractivity contribution is -0.121. The van der Waals surface area contributed by atoms with Crippen molar-refractivity contribution in [1.82, 2.24) is 4.90 Å². The maximum Gasteiger partial charge on any atom is 0.149 e. The summed E-state index contributed by atoms with van der Waals surface area (Å²) in [7, 11) is 1.92. The van der Waals surface area contributed by atoms with Crippen molar-refractivity contribution in [2.24, 2.45) is 0 Å². The highest BCUT2D eigenvalue weighted by molar-refractivity contribution is 5.81. The first-order chi connectivity index (χ1) is 4.95. The molecule has 1 aliphatic rings. The molecule has 0 N–H and O–H groups in total. The predicted molar refractivity (Wildman–Crippen MR) is 42.3 cm³/mol. The lowest BCUT2D eigenvalue weighted by Crippen LogP contribution is -2.43. The zero-order valence-electron chi connectivity index (χ0n) is 7.55. The van der Waals surface area contributed by atoms with Crippen molar-refractivity contribution >= 4 is 5.78 Å². The minimum absolute atomic E-state index is 0.0509. The van der Waals surface area contributed by atoms with Gasteiger partial charge in [-0.1, -0.05) is 0 Å². The number of ketones is 1. The Morgan fingerprint density at radius 2 is 2.18 bits per heavy atom. The Kier molecular flexibility index (Phi) is 2.03. The van der Waals surface area contributed by atoms with E-state index in [0.29, 0.717) is 6.61 Å². The van der Waals surface area contributed by atoms with Gasteiger partial charge in [0.2, 0.25) is 0 Å². The first-order valence-corrected chi connectivity index (χ1v) is 3.82. The number of ether oxygens (including phenoxy) is 1. The van der Waals surface area contributed by atoms with Crippen LogP contribution in [0.4, 0.5) is 0 Å². The number of carbonyl (C=O) groups excluding carboxylic acids is 1. The standard InChI is InChI=1S/C8H15NO2/c1-6(10)7-5-11-8(2,3)9(7)4/h7H,5H2,1-4H3/t7-/m1/s1. The molecule has 0 aliphatic carbocycles. The Labute approximate surface area is 67.3 Å². The van der Waals surface area contributed by atoms with Gasteiger partial charge in [-0.25, -0.2) is 0 Å². The number of nitrogens with zero attached hydrogens (tertiary/aromatic N) is 1. The second kappa shape index (κ2) is 2.57. The second-order valence-corrected chi connectivity index (χ2v) is 3.50. The van der Waals surface area contributed by atoms with Gasteiger partial charge in [-0.3, -0.25) is 9.69 Å². The largest absolute Gasteiger partial charge is 0.359 e. The van der Waals surface area contributed by atoms with Gasteiger partial charge in [-0.2, -0.15) is 0 Å². The summed E-state index contributed by atoms with van der Waals surface area (Å²) in [6.07, 6.45) is 0. The van der Waals surface area contributed by atoms with Crippen molar-refractivity contribution in [2.75, 3.05) is 13.7 Å². The Bertz CT molecular complexity index is 177. The average Bonchev–Trinajstić information content (AvgIpc) is 2.09. The Morgan fingerprint density at radius 1 is 1.64 bits per heavy atom. The number of carbonyl (C=O) groups is 1. The summed E-state index contributed by atoms with van der Waals surface area (Å²) in [6, 6.07) is -0.0509. The van der Waals surface area contributed by atoms with Gasteiger partial charge >= 0.3 is 0 Å². The van der Waals surface area contributed by atoms with E-state index in [1.165, 1.54) is 0 Å². The summed E-state index contributed by atoms with van der Waals surface area (Å²) in [5, 5.41) is 0. The van der Waals surface area contributed by atoms with Crippen molar-refractivity contribution < 1.29 is 9.53 Å². The van der Waals surface area contributed by atoms with Gasteiger partial charge in [0.25, 0.3) is 0 Å². The van der Waals surface area contributed by atoms with Crippen LogP contribution in [0.3, 0.4) is 0 Å². The zero-order valence-corrected chi connectivity index (χ0v) is 7.55. The fourth-order valence-corrected chi connectivity index (χ4v) is 1.26. The number of hydrogen-bond acceptors (Lipinski definition) is 3. The molecular formula is C8H15NO2. The highest BCUT2D eigenvalue weighted by Crippen LogP contribution is 2.24. The van der Waals surface area contributed by atoms with Crippen molar-refractivity contribution in [1.29, 1.82) is 0 Å². The molecule has 1 heterocycles. The molecule has 0 aromatic carbocycles. The molecule has 0 radical (unpaired) electrons. The maximum absolute atomic E-state index is 11.0. The van der Waals surface area contributed by atoms with Crippen LogP contribution in [-0.4, -0.2) is 36.1 Å². The molecule has 0 bridgehead atoms. The molecule has 1 rings (SSSR count). The van der Waals surface area contributed by atoms with Gasteiger partial charge in [0.1, 0.15) is 11.5 Å². The first-order valence-electron chi connectivity index (χ1n) is 3.82. The summed E-state index contributed by atoms with van der Waals surface area (Å²) in [6.45, 7) is 6.07. The Balaban J connectivity index is 2.71. The number of Topliss-reactive ketones (excluding diaryl/α,β-unsaturated/α-hetero) is 1. The lowest BCUT2D eigenvalue weighted by Gasteiger charge is -2.28. The van der Waals surface area contributed by atoms with E-state index >= 15 is 0 Å². The molecular weight excluding hydrogens is 142 g/mol. The van der Waals surface area contributed by atoms with Crippen molar-refractivity contribution in [2.45, 2.75) is 32.5 Å². The second-order valence-electron chi connectivity index (χ2n) is 3.50. The fraction of sp³-hybridized carbons (Fsp3) is 0.875. The molecule has 1 aliphatic heterocycles. The van der Waals surface area contributed by atoms with Crippen LogP contribution in [0, 0.1) is 0 Å². The molecule has 1 fully saturated rings. The van der Waals surface area contributed by atoms with E-state index in [-0.39, 0.29) is 17.6 Å². The SMILES string of the molecule is CC(=O)[C@H]1COC(C)(C)N1C. The van der Waals surface area contributed by atoms with Crippen LogP contribution in [0.25, 0.3) is 0 Å². The fourth-order valence-electron chi connectivity index (χ4n) is 1.26. The summed E-state index contributed by atoms with van der Waals surface area (Å²) >= 11 is 0. The van der Waals surface area contributed by atoms with Gasteiger partial charge in [0.05, 0.1) is 12.6 Å². The van der Waals surface area contributed by atoms with E-state index < -0.39 is 0 Å². The summed E-state index contributed by atoms with van der Waals surface area (Å²) < 4.78 is 5.43. The average molecular weight is 157 g/mol. The molecule has 0 aromatic rings. The van der Waals surface area contributed by atoms with Gasteiger partial charge < -0.3 is 4.74 Å². The topological polar surface area (TPSA) is 29.5 Å². The molecule has 0 spiro atoms. The minimum Gasteiger partial charge on any atom is -0.359 e. The van der Waals surface area contributed by atoms with E-state index in [2.05, 4.69) is 0 Å². The summed E-state index contributed by atoms with van der Waals surface area (Å²) in [5.74, 6) is 0.179. The van der Waals surface area contributed by atoms with Crippen LogP contribution >= 0.6 is 0 Å². The molecule has 64 valence electrons. The third kappa shape index (κ3) is 1.44. The van der Waals surface area contributed by atoms with E-state index in [0.717, 1.165) is 0 Å². The first kappa shape index (κ1) is 8.68. The molecule has 0 amide bonds. The van der Waals surface area contributed by atoms with E-state index in [4.69, 9.17) is 4.74 Å². The van der Waals surface area contributed by atoms with E-state index in [1.54, 1.807) is 6.92 Å². The highest BCUT2D eigenvalue weighted by Gasteiger charge is 2.39. The smallest absolute Gasteiger partial charge is 0.149 e. The van der Waals surface area contributed by atoms with Crippen LogP contribution in [0.1, 0.15) is 20.8 Å². The summed E-state index contributed by atoms with van der Waals surface area (Å²) in [4.78, 5) is 13.0. The third-order valence-corrected chi connectivity index (χ3v) is 2.38. The number of rotatable bonds is 1. The number of likely N-dealkylation sites (N-methyl/N-ethyl adjacent to an activating group) is 1. The molecule has 1 atom stereocenters. The van der Waals surface area contributed by atoms with Gasteiger partial charge in [-0.15, -0.1) is 0 Å². The van der Waals surface area contributed by atoms with Gasteiger partial charge in [0, 0.05) is 0 Å². The van der Waals surface area contributed by atoms with Gasteiger partial charge in [-0.05, 0) is 27.8 Å². The third-order valence-electron chi connectivity index (χ3n) is 2.38. The van der Waals surface area contributed by atoms with Crippen molar-refractivity contribution in [3.05, 3.63) is 0 Å². The van der Waals surface area contributed by atoms with Crippen LogP contribution in [0.15, 0.2) is 0 Å². The molecule has 11 heavy (non-hydrogen) atoms. The number of hydrogen-bond donors (Lipinski definition) is 0. The lowest BCUT2D eigenvalue weighted by atomic mass is 10.2. The maximum atomic E-state index is 11.0. The molecule has 0 saturated carbocycles. The Morgan fingerprint density at radius 3 is 2.36 bits per heavy atom.